The summed E-state index contributed by atoms with van der Waals surface area (Å²) in [6, 6.07) is 3.88. The van der Waals surface area contributed by atoms with Crippen LogP contribution in [0, 0.1) is 10.1 Å². The lowest BCUT2D eigenvalue weighted by atomic mass is 10.1. The number of hydrogen-bond donors (Lipinski definition) is 2. The van der Waals surface area contributed by atoms with Gasteiger partial charge in [0.1, 0.15) is 10.4 Å². The Bertz CT molecular complexity index is 927. The Morgan fingerprint density at radius 2 is 1.93 bits per heavy atom. The first-order chi connectivity index (χ1) is 13.1. The fraction of sp³-hybridized carbons (Fsp3) is 0.125. The van der Waals surface area contributed by atoms with Gasteiger partial charge in [0, 0.05) is 17.2 Å². The third-order valence-corrected chi connectivity index (χ3v) is 5.01. The molecule has 9 nitrogen and oxygen atoms in total. The van der Waals surface area contributed by atoms with Gasteiger partial charge in [-0.1, -0.05) is 35.6 Å². The van der Waals surface area contributed by atoms with Gasteiger partial charge in [-0.05, 0) is 29.8 Å². The van der Waals surface area contributed by atoms with Crippen molar-refractivity contribution in [2.75, 3.05) is 0 Å². The fourth-order valence-electron chi connectivity index (χ4n) is 2.22. The molecule has 2 N–H and O–H groups in total. The summed E-state index contributed by atoms with van der Waals surface area (Å²) in [5.74, 6) is -3.65. The number of carboxylic acid groups (broad SMARTS) is 2. The number of benzene rings is 1. The minimum Gasteiger partial charge on any atom is -0.481 e. The molecule has 0 radical (unpaired) electrons. The van der Waals surface area contributed by atoms with Crippen molar-refractivity contribution in [1.82, 2.24) is 4.90 Å². The van der Waals surface area contributed by atoms with Gasteiger partial charge in [0.15, 0.2) is 0 Å². The summed E-state index contributed by atoms with van der Waals surface area (Å²) in [5, 5.41) is 28.8. The zero-order valence-electron chi connectivity index (χ0n) is 13.8. The largest absolute Gasteiger partial charge is 0.481 e. The van der Waals surface area contributed by atoms with Crippen LogP contribution >= 0.6 is 35.6 Å². The number of nitro groups is 1. The lowest BCUT2D eigenvalue weighted by Gasteiger charge is -2.21. The number of carbonyl (C=O) groups excluding carboxylic acids is 1. The Morgan fingerprint density at radius 1 is 1.32 bits per heavy atom. The van der Waals surface area contributed by atoms with Crippen molar-refractivity contribution >= 4 is 69.5 Å². The van der Waals surface area contributed by atoms with Crippen LogP contribution in [-0.4, -0.2) is 48.2 Å². The minimum atomic E-state index is -1.63. The molecule has 0 aliphatic carbocycles. The maximum absolute atomic E-state index is 12.5. The molecule has 1 aliphatic heterocycles. The van der Waals surface area contributed by atoms with E-state index in [2.05, 4.69) is 0 Å². The summed E-state index contributed by atoms with van der Waals surface area (Å²) in [4.78, 5) is 45.6. The first-order valence-corrected chi connectivity index (χ1v) is 9.03. The molecule has 1 atom stereocenters. The zero-order valence-corrected chi connectivity index (χ0v) is 16.2. The molecule has 1 saturated heterocycles. The summed E-state index contributed by atoms with van der Waals surface area (Å²) in [6.45, 7) is 0. The molecular weight excluding hydrogens is 432 g/mol. The second-order valence-electron chi connectivity index (χ2n) is 5.38. The molecule has 1 aliphatic rings. The highest BCUT2D eigenvalue weighted by Gasteiger charge is 2.41. The number of carbonyl (C=O) groups is 3. The van der Waals surface area contributed by atoms with E-state index >= 15 is 0 Å². The van der Waals surface area contributed by atoms with Gasteiger partial charge >= 0.3 is 11.9 Å². The second kappa shape index (κ2) is 8.95. The lowest BCUT2D eigenvalue weighted by molar-refractivity contribution is -0.384. The van der Waals surface area contributed by atoms with E-state index in [4.69, 9.17) is 28.9 Å². The average molecular weight is 443 g/mol. The van der Waals surface area contributed by atoms with Gasteiger partial charge in [0.05, 0.1) is 16.2 Å². The molecule has 1 heterocycles. The molecule has 1 aromatic carbocycles. The summed E-state index contributed by atoms with van der Waals surface area (Å²) < 4.78 is -0.0929. The predicted octanol–water partition coefficient (Wildman–Crippen LogP) is 2.85. The molecule has 0 spiro atoms. The number of nitro benzene ring substituents is 1. The van der Waals surface area contributed by atoms with Crippen LogP contribution in [0.2, 0.25) is 0 Å². The topological polar surface area (TPSA) is 138 Å². The molecule has 0 aromatic heterocycles. The molecule has 146 valence electrons. The highest BCUT2D eigenvalue weighted by Crippen LogP contribution is 2.34. The molecule has 0 unspecified atom stereocenters. The van der Waals surface area contributed by atoms with E-state index in [1.807, 2.05) is 0 Å². The number of carboxylic acids is 2. The van der Waals surface area contributed by atoms with Crippen LogP contribution in [-0.2, 0) is 14.4 Å². The Balaban J connectivity index is 2.25. The predicted molar refractivity (Wildman–Crippen MR) is 106 cm³/mol. The maximum atomic E-state index is 12.5. The Kier molecular flexibility index (Phi) is 6.89. The van der Waals surface area contributed by atoms with Gasteiger partial charge in [0.25, 0.3) is 11.6 Å². The van der Waals surface area contributed by atoms with Crippen molar-refractivity contribution in [3.05, 3.63) is 56.0 Å². The van der Waals surface area contributed by atoms with Crippen LogP contribution in [0.25, 0.3) is 6.08 Å². The first-order valence-electron chi connectivity index (χ1n) is 7.43. The molecular formula is C16H11ClN2O7S2. The molecule has 28 heavy (non-hydrogen) atoms. The van der Waals surface area contributed by atoms with Crippen molar-refractivity contribution in [2.24, 2.45) is 0 Å². The number of hydrogen-bond acceptors (Lipinski definition) is 7. The smallest absolute Gasteiger partial charge is 0.327 e. The number of thiocarbonyl (C=S) groups is 1. The summed E-state index contributed by atoms with van der Waals surface area (Å²) in [5.41, 5.74) is 0.448. The Hall–Kier alpha value is -2.76. The van der Waals surface area contributed by atoms with E-state index in [9.17, 15) is 29.6 Å². The number of rotatable bonds is 7. The third-order valence-electron chi connectivity index (χ3n) is 3.47. The molecule has 1 fully saturated rings. The zero-order chi connectivity index (χ0) is 21.0. The monoisotopic (exact) mass is 442 g/mol. The molecule has 12 heteroatoms. The lowest BCUT2D eigenvalue weighted by Crippen LogP contribution is -2.45. The third kappa shape index (κ3) is 5.15. The molecule has 0 saturated carbocycles. The van der Waals surface area contributed by atoms with Crippen LogP contribution in [0.1, 0.15) is 12.0 Å². The summed E-state index contributed by atoms with van der Waals surface area (Å²) in [7, 11) is 0. The van der Waals surface area contributed by atoms with Gasteiger partial charge in [-0.15, -0.1) is 0 Å². The quantitative estimate of drug-likeness (QED) is 0.282. The van der Waals surface area contributed by atoms with Crippen LogP contribution in [0.5, 0.6) is 0 Å². The van der Waals surface area contributed by atoms with E-state index in [1.54, 1.807) is 0 Å². The van der Waals surface area contributed by atoms with Gasteiger partial charge < -0.3 is 10.2 Å². The van der Waals surface area contributed by atoms with Gasteiger partial charge in [0.2, 0.25) is 0 Å². The Labute approximate surface area is 172 Å². The number of allylic oxidation sites excluding steroid dienone is 2. The van der Waals surface area contributed by atoms with E-state index in [1.165, 1.54) is 36.4 Å². The maximum Gasteiger partial charge on any atom is 0.327 e. The van der Waals surface area contributed by atoms with Crippen molar-refractivity contribution in [2.45, 2.75) is 12.5 Å². The molecule has 0 bridgehead atoms. The van der Waals surface area contributed by atoms with Crippen LogP contribution in [0.15, 0.2) is 40.3 Å². The van der Waals surface area contributed by atoms with E-state index in [-0.39, 0.29) is 19.9 Å². The highest BCUT2D eigenvalue weighted by atomic mass is 35.5. The molecule has 2 rings (SSSR count). The number of amides is 1. The van der Waals surface area contributed by atoms with Crippen molar-refractivity contribution in [3.63, 3.8) is 0 Å². The average Bonchev–Trinajstić information content (AvgIpc) is 2.86. The number of thioether (sulfide) groups is 1. The van der Waals surface area contributed by atoms with Crippen molar-refractivity contribution < 1.29 is 29.5 Å². The Morgan fingerprint density at radius 3 is 2.43 bits per heavy atom. The SMILES string of the molecule is O=C(O)C[C@@H](C(=O)O)N1C(=O)C(=CC(Cl)=Cc2ccc([N+](=O)[O-])cc2)SC1=S. The van der Waals surface area contributed by atoms with Gasteiger partial charge in [-0.25, -0.2) is 4.79 Å². The number of non-ortho nitro benzene ring substituents is 1. The van der Waals surface area contributed by atoms with E-state index in [0.29, 0.717) is 5.56 Å². The van der Waals surface area contributed by atoms with E-state index < -0.39 is 35.2 Å². The van der Waals surface area contributed by atoms with Crippen molar-refractivity contribution in [1.29, 1.82) is 0 Å². The first kappa shape index (κ1) is 21.5. The summed E-state index contributed by atoms with van der Waals surface area (Å²) in [6.07, 6.45) is 1.91. The van der Waals surface area contributed by atoms with Crippen LogP contribution in [0.3, 0.4) is 0 Å². The van der Waals surface area contributed by atoms with Gasteiger partial charge in [-0.2, -0.15) is 0 Å². The molecule has 1 aromatic rings. The van der Waals surface area contributed by atoms with Gasteiger partial charge in [-0.3, -0.25) is 24.6 Å². The molecule has 1 amide bonds. The normalized spacial score (nSPS) is 17.1. The van der Waals surface area contributed by atoms with Crippen LogP contribution < -0.4 is 0 Å². The van der Waals surface area contributed by atoms with Crippen molar-refractivity contribution in [3.8, 4) is 0 Å². The number of halogens is 1. The fourth-order valence-corrected chi connectivity index (χ4v) is 3.87. The highest BCUT2D eigenvalue weighted by molar-refractivity contribution is 8.26. The second-order valence-corrected chi connectivity index (χ2v) is 7.49. The number of nitrogens with zero attached hydrogens (tertiary/aromatic N) is 2. The van der Waals surface area contributed by atoms with E-state index in [0.717, 1.165) is 16.7 Å². The standard InChI is InChI=1S/C16H11ClN2O7S2/c17-9(5-8-1-3-10(4-2-8)19(25)26)6-12-14(22)18(16(27)28-12)11(15(23)24)7-13(20)21/h1-6,11H,7H2,(H,20,21)(H,23,24)/t11-/m0/s1. The minimum absolute atomic E-state index is 0.0322. The summed E-state index contributed by atoms with van der Waals surface area (Å²) >= 11 is 11.9. The van der Waals surface area contributed by atoms with Crippen LogP contribution in [0.4, 0.5) is 5.69 Å². The number of aliphatic carboxylic acids is 2.